The van der Waals surface area contributed by atoms with E-state index in [9.17, 15) is 0 Å². The fourth-order valence-corrected chi connectivity index (χ4v) is 1.45. The molecule has 0 aliphatic rings. The van der Waals surface area contributed by atoms with Crippen LogP contribution in [0, 0.1) is 0 Å². The van der Waals surface area contributed by atoms with Gasteiger partial charge in [0.2, 0.25) is 0 Å². The lowest BCUT2D eigenvalue weighted by Crippen LogP contribution is -1.82. The highest BCUT2D eigenvalue weighted by Gasteiger charge is 1.93. The van der Waals surface area contributed by atoms with Crippen molar-refractivity contribution in [3.8, 4) is 0 Å². The molecule has 0 N–H and O–H groups in total. The quantitative estimate of drug-likeness (QED) is 0.736. The molecule has 70 valence electrons. The fourth-order valence-electron chi connectivity index (χ4n) is 1.35. The zero-order chi connectivity index (χ0) is 9.80. The largest absolute Gasteiger partial charge is 0.248 e. The standard InChI is InChI=1S/C12H11NS/c14-9-3-5-11-8-7-10-4-1-2-6-12(10)13-11/h1-8,14H,9H2. The lowest BCUT2D eigenvalue weighted by molar-refractivity contribution is 1.37. The Balaban J connectivity index is 2.46. The monoisotopic (exact) mass is 201 g/mol. The Morgan fingerprint density at radius 3 is 2.86 bits per heavy atom. The summed E-state index contributed by atoms with van der Waals surface area (Å²) in [7, 11) is 0. The van der Waals surface area contributed by atoms with E-state index in [4.69, 9.17) is 0 Å². The van der Waals surface area contributed by atoms with Crippen LogP contribution in [0.25, 0.3) is 17.0 Å². The summed E-state index contributed by atoms with van der Waals surface area (Å²) < 4.78 is 0. The molecule has 0 unspecified atom stereocenters. The van der Waals surface area contributed by atoms with Crippen LogP contribution >= 0.6 is 12.6 Å². The fraction of sp³-hybridized carbons (Fsp3) is 0.0833. The highest BCUT2D eigenvalue weighted by molar-refractivity contribution is 7.80. The van der Waals surface area contributed by atoms with Crippen molar-refractivity contribution in [2.24, 2.45) is 0 Å². The number of fused-ring (bicyclic) bond motifs is 1. The molecule has 2 heteroatoms. The number of thiol groups is 1. The minimum Gasteiger partial charge on any atom is -0.248 e. The van der Waals surface area contributed by atoms with E-state index in [1.54, 1.807) is 0 Å². The first kappa shape index (κ1) is 9.28. The summed E-state index contributed by atoms with van der Waals surface area (Å²) in [4.78, 5) is 4.49. The van der Waals surface area contributed by atoms with E-state index in [0.29, 0.717) is 0 Å². The first-order chi connectivity index (χ1) is 6.90. The predicted octanol–water partition coefficient (Wildman–Crippen LogP) is 3.18. The molecule has 1 aromatic heterocycles. The molecule has 0 bridgehead atoms. The van der Waals surface area contributed by atoms with Gasteiger partial charge >= 0.3 is 0 Å². The van der Waals surface area contributed by atoms with Gasteiger partial charge in [-0.15, -0.1) is 0 Å². The highest BCUT2D eigenvalue weighted by Crippen LogP contribution is 2.12. The maximum absolute atomic E-state index is 4.49. The lowest BCUT2D eigenvalue weighted by Gasteiger charge is -1.97. The van der Waals surface area contributed by atoms with Gasteiger partial charge < -0.3 is 0 Å². The van der Waals surface area contributed by atoms with Gasteiger partial charge in [0.25, 0.3) is 0 Å². The molecule has 1 aromatic carbocycles. The topological polar surface area (TPSA) is 12.9 Å². The Kier molecular flexibility index (Phi) is 2.84. The van der Waals surface area contributed by atoms with E-state index in [1.807, 2.05) is 36.4 Å². The van der Waals surface area contributed by atoms with Crippen molar-refractivity contribution in [1.29, 1.82) is 0 Å². The number of hydrogen-bond donors (Lipinski definition) is 1. The van der Waals surface area contributed by atoms with Crippen molar-refractivity contribution >= 4 is 29.6 Å². The third-order valence-electron chi connectivity index (χ3n) is 2.01. The molecule has 14 heavy (non-hydrogen) atoms. The highest BCUT2D eigenvalue weighted by atomic mass is 32.1. The van der Waals surface area contributed by atoms with Crippen LogP contribution < -0.4 is 0 Å². The van der Waals surface area contributed by atoms with Crippen molar-refractivity contribution in [1.82, 2.24) is 4.98 Å². The third-order valence-corrected chi connectivity index (χ3v) is 2.22. The molecule has 0 spiro atoms. The van der Waals surface area contributed by atoms with Crippen LogP contribution in [0.2, 0.25) is 0 Å². The van der Waals surface area contributed by atoms with Crippen LogP contribution in [0.15, 0.2) is 42.5 Å². The number of nitrogens with zero attached hydrogens (tertiary/aromatic N) is 1. The zero-order valence-corrected chi connectivity index (χ0v) is 8.61. The van der Waals surface area contributed by atoms with E-state index in [2.05, 4.69) is 29.7 Å². The average Bonchev–Trinajstić information content (AvgIpc) is 2.26. The molecule has 1 nitrogen and oxygen atoms in total. The molecule has 0 amide bonds. The normalized spacial score (nSPS) is 11.2. The Hall–Kier alpha value is -1.28. The molecular weight excluding hydrogens is 190 g/mol. The SMILES string of the molecule is SCC=Cc1ccc2ccccc2n1. The summed E-state index contributed by atoms with van der Waals surface area (Å²) in [5.41, 5.74) is 2.02. The van der Waals surface area contributed by atoms with Crippen LogP contribution in [-0.2, 0) is 0 Å². The van der Waals surface area contributed by atoms with Gasteiger partial charge in [0.15, 0.2) is 0 Å². The molecule has 2 aromatic rings. The second-order valence-electron chi connectivity index (χ2n) is 3.01. The summed E-state index contributed by atoms with van der Waals surface area (Å²) >= 11 is 4.11. The minimum absolute atomic E-state index is 0.745. The van der Waals surface area contributed by atoms with Crippen molar-refractivity contribution < 1.29 is 0 Å². The number of para-hydroxylation sites is 1. The molecule has 0 saturated carbocycles. The van der Waals surface area contributed by atoms with Crippen molar-refractivity contribution in [3.05, 3.63) is 48.2 Å². The van der Waals surface area contributed by atoms with Crippen LogP contribution in [0.1, 0.15) is 5.69 Å². The molecule has 0 aliphatic carbocycles. The van der Waals surface area contributed by atoms with Crippen molar-refractivity contribution in [2.45, 2.75) is 0 Å². The van der Waals surface area contributed by atoms with E-state index >= 15 is 0 Å². The lowest BCUT2D eigenvalue weighted by atomic mass is 10.2. The molecule has 0 atom stereocenters. The Labute approximate surface area is 88.9 Å². The summed E-state index contributed by atoms with van der Waals surface area (Å²) in [6.45, 7) is 0. The van der Waals surface area contributed by atoms with Crippen LogP contribution in [-0.4, -0.2) is 10.7 Å². The number of pyridine rings is 1. The van der Waals surface area contributed by atoms with Gasteiger partial charge in [-0.2, -0.15) is 12.6 Å². The van der Waals surface area contributed by atoms with E-state index in [-0.39, 0.29) is 0 Å². The number of hydrogen-bond acceptors (Lipinski definition) is 2. The van der Waals surface area contributed by atoms with Gasteiger partial charge in [-0.1, -0.05) is 30.3 Å². The molecule has 0 fully saturated rings. The Morgan fingerprint density at radius 2 is 2.00 bits per heavy atom. The summed E-state index contributed by atoms with van der Waals surface area (Å²) in [5, 5.41) is 1.18. The molecule has 0 aliphatic heterocycles. The van der Waals surface area contributed by atoms with Crippen LogP contribution in [0.5, 0.6) is 0 Å². The van der Waals surface area contributed by atoms with Crippen LogP contribution in [0.3, 0.4) is 0 Å². The van der Waals surface area contributed by atoms with Crippen molar-refractivity contribution in [2.75, 3.05) is 5.75 Å². The number of aromatic nitrogens is 1. The Morgan fingerprint density at radius 1 is 1.14 bits per heavy atom. The van der Waals surface area contributed by atoms with Gasteiger partial charge in [-0.3, -0.25) is 0 Å². The number of rotatable bonds is 2. The summed E-state index contributed by atoms with van der Waals surface area (Å²) in [6, 6.07) is 12.2. The second kappa shape index (κ2) is 4.29. The second-order valence-corrected chi connectivity index (χ2v) is 3.38. The van der Waals surface area contributed by atoms with E-state index < -0.39 is 0 Å². The van der Waals surface area contributed by atoms with Crippen LogP contribution in [0.4, 0.5) is 0 Å². The molecule has 0 radical (unpaired) electrons. The van der Waals surface area contributed by atoms with Gasteiger partial charge in [0.05, 0.1) is 11.2 Å². The smallest absolute Gasteiger partial charge is 0.0709 e. The first-order valence-corrected chi connectivity index (χ1v) is 5.16. The van der Waals surface area contributed by atoms with Crippen molar-refractivity contribution in [3.63, 3.8) is 0 Å². The number of benzene rings is 1. The third kappa shape index (κ3) is 1.96. The molecule has 0 saturated heterocycles. The van der Waals surface area contributed by atoms with Gasteiger partial charge in [0, 0.05) is 11.1 Å². The summed E-state index contributed by atoms with van der Waals surface area (Å²) in [6.07, 6.45) is 3.97. The van der Waals surface area contributed by atoms with Gasteiger partial charge in [0.1, 0.15) is 0 Å². The molecule has 1 heterocycles. The minimum atomic E-state index is 0.745. The van der Waals surface area contributed by atoms with Gasteiger partial charge in [-0.25, -0.2) is 4.98 Å². The molecular formula is C12H11NS. The molecule has 2 rings (SSSR count). The van der Waals surface area contributed by atoms with Gasteiger partial charge in [-0.05, 0) is 18.2 Å². The predicted molar refractivity (Wildman–Crippen MR) is 64.6 cm³/mol. The van der Waals surface area contributed by atoms with E-state index in [1.165, 1.54) is 5.39 Å². The first-order valence-electron chi connectivity index (χ1n) is 4.53. The zero-order valence-electron chi connectivity index (χ0n) is 7.72. The maximum atomic E-state index is 4.49. The van der Waals surface area contributed by atoms with E-state index in [0.717, 1.165) is 17.0 Å². The average molecular weight is 201 g/mol. The maximum Gasteiger partial charge on any atom is 0.0709 e. The summed E-state index contributed by atoms with van der Waals surface area (Å²) in [5.74, 6) is 0.745. The Bertz CT molecular complexity index is 463.